The third kappa shape index (κ3) is 27.6. The number of benzene rings is 10. The number of aromatic nitrogens is 5. The van der Waals surface area contributed by atoms with Crippen LogP contribution in [0.4, 0.5) is 41.6 Å². The first kappa shape index (κ1) is 85.3. The lowest BCUT2D eigenvalue weighted by atomic mass is 10.1. The molecule has 24 heteroatoms. The molecule has 0 fully saturated rings. The second kappa shape index (κ2) is 43.2. The van der Waals surface area contributed by atoms with E-state index in [4.69, 9.17) is 34.8 Å². The van der Waals surface area contributed by atoms with Gasteiger partial charge in [0, 0.05) is 136 Å². The van der Waals surface area contributed by atoms with E-state index in [2.05, 4.69) is 57.4 Å². The molecule has 0 unspecified atom stereocenters. The van der Waals surface area contributed by atoms with E-state index in [1.54, 1.807) is 258 Å². The summed E-state index contributed by atoms with van der Waals surface area (Å²) in [6.07, 6.45) is 21.8. The highest BCUT2D eigenvalue weighted by Gasteiger charge is 2.25. The number of hydrogen-bond donors (Lipinski definition) is 5. The van der Waals surface area contributed by atoms with Crippen molar-refractivity contribution in [3.8, 4) is 75.6 Å². The van der Waals surface area contributed by atoms with Crippen LogP contribution in [0.2, 0.25) is 0 Å². The van der Waals surface area contributed by atoms with Gasteiger partial charge in [0.2, 0.25) is 0 Å². The molecular weight excluding hydrogens is 1540 g/mol. The molecule has 21 nitrogen and oxygen atoms in total. The van der Waals surface area contributed by atoms with Crippen LogP contribution in [0.1, 0.15) is 81.0 Å². The summed E-state index contributed by atoms with van der Waals surface area (Å²) < 4.78 is 73.8. The van der Waals surface area contributed by atoms with E-state index < -0.39 is 11.8 Å². The van der Waals surface area contributed by atoms with Gasteiger partial charge in [-0.2, -0.15) is 0 Å². The van der Waals surface area contributed by atoms with Crippen molar-refractivity contribution < 1.29 is 65.6 Å². The van der Waals surface area contributed by atoms with E-state index in [9.17, 15) is 37.1 Å². The van der Waals surface area contributed by atoms with E-state index in [0.29, 0.717) is 125 Å². The van der Waals surface area contributed by atoms with Gasteiger partial charge in [-0.1, -0.05) is 78.2 Å². The molecule has 5 aromatic heterocycles. The fourth-order valence-electron chi connectivity index (χ4n) is 10.9. The summed E-state index contributed by atoms with van der Waals surface area (Å²) >= 11 is 0. The van der Waals surface area contributed by atoms with Crippen LogP contribution in [0.5, 0.6) is 63.2 Å². The average molecular weight is 1620 g/mol. The number of aryl methyl sites for hydroxylation is 2. The fraction of sp³-hybridized carbons (Fsp3) is 0.0515. The van der Waals surface area contributed by atoms with Gasteiger partial charge in [0.05, 0.1) is 38.1 Å². The van der Waals surface area contributed by atoms with Crippen LogP contribution in [-0.4, -0.2) is 61.6 Å². The molecule has 5 N–H and O–H groups in total. The topological polar surface area (TPSA) is 265 Å². The van der Waals surface area contributed by atoms with Crippen molar-refractivity contribution in [1.82, 2.24) is 24.9 Å². The Morgan fingerprint density at radius 3 is 0.926 bits per heavy atom. The van der Waals surface area contributed by atoms with Crippen LogP contribution < -0.4 is 55.0 Å². The van der Waals surface area contributed by atoms with E-state index in [1.807, 2.05) is 79.7 Å². The van der Waals surface area contributed by atoms with Gasteiger partial charge in [0.25, 0.3) is 35.5 Å². The summed E-state index contributed by atoms with van der Waals surface area (Å²) in [5.74, 6) is 4.48. The normalized spacial score (nSPS) is 10.3. The molecule has 15 rings (SSSR count). The van der Waals surface area contributed by atoms with Gasteiger partial charge in [-0.25, -0.2) is 13.2 Å². The molecule has 121 heavy (non-hydrogen) atoms. The minimum absolute atomic E-state index is 0.146. The lowest BCUT2D eigenvalue weighted by Crippen LogP contribution is -2.14. The number of carbonyl (C=O) groups is 5. The second-order valence-electron chi connectivity index (χ2n) is 26.1. The number of hydrogen-bond acceptors (Lipinski definition) is 16. The Kier molecular flexibility index (Phi) is 30.5. The second-order valence-corrected chi connectivity index (χ2v) is 26.1. The number of pyridine rings is 5. The summed E-state index contributed by atoms with van der Waals surface area (Å²) in [7, 11) is 1.57. The van der Waals surface area contributed by atoms with Gasteiger partial charge in [-0.05, 0) is 220 Å². The van der Waals surface area contributed by atoms with Crippen LogP contribution >= 0.6 is 0 Å². The van der Waals surface area contributed by atoms with Gasteiger partial charge in [-0.3, -0.25) is 48.9 Å². The van der Waals surface area contributed by atoms with E-state index >= 15 is 0 Å². The lowest BCUT2D eigenvalue weighted by Gasteiger charge is -2.12. The van der Waals surface area contributed by atoms with Crippen LogP contribution in [0, 0.1) is 32.0 Å². The zero-order chi connectivity index (χ0) is 85.1. The Morgan fingerprint density at radius 2 is 0.612 bits per heavy atom. The van der Waals surface area contributed by atoms with Gasteiger partial charge in [0.15, 0.2) is 0 Å². The first-order chi connectivity index (χ1) is 58.7. The highest BCUT2D eigenvalue weighted by atomic mass is 19.3. The molecule has 0 radical (unpaired) electrons. The van der Waals surface area contributed by atoms with Gasteiger partial charge >= 0.3 is 0 Å². The molecule has 5 amide bonds. The minimum atomic E-state index is -3.01. The summed E-state index contributed by atoms with van der Waals surface area (Å²) in [6, 6.07) is 84.3. The number of halogens is 3. The highest BCUT2D eigenvalue weighted by Crippen LogP contribution is 2.32. The number of terminal acetylenes is 1. The molecule has 10 aromatic carbocycles. The molecule has 0 spiro atoms. The van der Waals surface area contributed by atoms with Crippen molar-refractivity contribution in [2.75, 3.05) is 33.7 Å². The molecule has 0 aliphatic carbocycles. The molecule has 0 bridgehead atoms. The molecule has 15 aromatic rings. The third-order valence-corrected chi connectivity index (χ3v) is 16.8. The number of alkyl halides is 2. The molecule has 0 atom stereocenters. The number of rotatable bonds is 22. The smallest absolute Gasteiger partial charge is 0.270 e. The zero-order valence-electron chi connectivity index (χ0n) is 65.5. The number of ether oxygens (including phenoxy) is 6. The van der Waals surface area contributed by atoms with Gasteiger partial charge in [-0.15, -0.1) is 6.42 Å². The quantitative estimate of drug-likeness (QED) is 0.0395. The Bertz CT molecular complexity index is 6030. The van der Waals surface area contributed by atoms with Crippen molar-refractivity contribution in [2.24, 2.45) is 0 Å². The van der Waals surface area contributed by atoms with Crippen molar-refractivity contribution >= 4 is 58.0 Å². The maximum atomic E-state index is 13.4. The number of carbonyl (C=O) groups excluding carboxylic acids is 5. The van der Waals surface area contributed by atoms with Crippen LogP contribution in [0.25, 0.3) is 0 Å². The van der Waals surface area contributed by atoms with E-state index in [1.165, 1.54) is 42.5 Å². The molecule has 0 saturated heterocycles. The maximum Gasteiger partial charge on any atom is 0.270 e. The first-order valence-corrected chi connectivity index (χ1v) is 37.2. The van der Waals surface area contributed by atoms with Crippen LogP contribution in [0.3, 0.4) is 0 Å². The molecule has 602 valence electrons. The zero-order valence-corrected chi connectivity index (χ0v) is 65.5. The van der Waals surface area contributed by atoms with Crippen LogP contribution in [-0.2, 0) is 5.92 Å². The molecule has 0 saturated carbocycles. The Hall–Kier alpha value is -16.6. The molecule has 0 aliphatic heterocycles. The van der Waals surface area contributed by atoms with E-state index in [-0.39, 0.29) is 40.6 Å². The predicted octanol–water partition coefficient (Wildman–Crippen LogP) is 22.5. The van der Waals surface area contributed by atoms with Crippen molar-refractivity contribution in [1.29, 1.82) is 0 Å². The number of nitrogens with one attached hydrogen (secondary N) is 5. The van der Waals surface area contributed by atoms with Gasteiger partial charge in [0.1, 0.15) is 69.1 Å². The van der Waals surface area contributed by atoms with Crippen LogP contribution in [0.15, 0.2) is 359 Å². The number of amides is 5. The summed E-state index contributed by atoms with van der Waals surface area (Å²) in [4.78, 5) is 81.5. The largest absolute Gasteiger partial charge is 0.497 e. The minimum Gasteiger partial charge on any atom is -0.497 e. The Morgan fingerprint density at radius 1 is 0.322 bits per heavy atom. The summed E-state index contributed by atoms with van der Waals surface area (Å²) in [6.45, 7) is 4.37. The van der Waals surface area contributed by atoms with Gasteiger partial charge < -0.3 is 55.0 Å². The average Bonchev–Trinajstić information content (AvgIpc) is 0.834. The number of anilines is 5. The number of methoxy groups -OCH3 is 1. The first-order valence-electron chi connectivity index (χ1n) is 37.2. The standard InChI is InChI=1S/C20H16F2N2O2.C20H14N2O2.C19H15FN2O2.C19H16N2O3.C19H16N2O2/c1-20(21,22)15-6-2-5-14(11-15)19(25)24-16-7-3-8-17(12-16)26-18-9-4-10-23-13-18;1-2-15-6-3-7-16(12-15)20(23)22-17-8-4-9-18(13-17)24-19-10-5-11-21-14-19;1-13-10-14(7-8-18(13)20)19(23)22-15-4-2-5-16(11-15)24-17-6-3-9-21-12-17;1-23-16-7-2-5-14(11-16)19(22)21-15-6-3-8-17(12-15)24-18-9-4-10-20-13-18;1-14-5-2-6-15(11-14)19(22)21-16-7-3-8-17(12-16)23-18-9-4-10-20-13-18/h2-13H,1H3,(H,24,25);1,3-14H,(H,22,23);2-12H,1H3,(H,22,23);2-13H,1H3,(H,21,22);2-13H,1H3,(H,21,22). The third-order valence-electron chi connectivity index (χ3n) is 16.8. The Balaban J connectivity index is 0.000000148. The maximum absolute atomic E-state index is 13.4. The highest BCUT2D eigenvalue weighted by molar-refractivity contribution is 6.07. The molecule has 5 heterocycles. The number of nitrogens with zero attached hydrogens (tertiary/aromatic N) is 5. The lowest BCUT2D eigenvalue weighted by molar-refractivity contribution is 0.0174. The fourth-order valence-corrected chi connectivity index (χ4v) is 10.9. The van der Waals surface area contributed by atoms with E-state index in [0.717, 1.165) is 12.5 Å². The molecular formula is C97H77F3N10O11. The van der Waals surface area contributed by atoms with Crippen molar-refractivity contribution in [3.05, 3.63) is 415 Å². The Labute approximate surface area is 695 Å². The van der Waals surface area contributed by atoms with Crippen molar-refractivity contribution in [2.45, 2.75) is 26.7 Å². The predicted molar refractivity (Wildman–Crippen MR) is 459 cm³/mol. The van der Waals surface area contributed by atoms with Crippen molar-refractivity contribution in [3.63, 3.8) is 0 Å². The monoisotopic (exact) mass is 1610 g/mol. The summed E-state index contributed by atoms with van der Waals surface area (Å²) in [5, 5.41) is 14.0. The molecule has 0 aliphatic rings. The SMILES string of the molecule is C#Cc1cccc(C(=O)Nc2cccc(Oc3cccnc3)c2)c1.CC(F)(F)c1cccc(C(=O)Nc2cccc(Oc3cccnc3)c2)c1.COc1cccc(C(=O)Nc2cccc(Oc3cccnc3)c2)c1.Cc1cc(C(=O)Nc2cccc(Oc3cccnc3)c2)ccc1F.Cc1cccc(C(=O)Nc2cccc(Oc3cccnc3)c2)c1. The summed E-state index contributed by atoms with van der Waals surface area (Å²) in [5.41, 5.74) is 7.16.